The van der Waals surface area contributed by atoms with E-state index in [0.717, 1.165) is 25.0 Å². The summed E-state index contributed by atoms with van der Waals surface area (Å²) in [4.78, 5) is 0. The highest BCUT2D eigenvalue weighted by atomic mass is 28.4. The normalized spacial score (nSPS) is 14.6. The Hall–Kier alpha value is -0.903. The van der Waals surface area contributed by atoms with E-state index in [1.807, 2.05) is 42.5 Å². The van der Waals surface area contributed by atoms with E-state index in [-0.39, 0.29) is 5.04 Å². The van der Waals surface area contributed by atoms with Crippen molar-refractivity contribution in [2.24, 2.45) is 0 Å². The van der Waals surface area contributed by atoms with Crippen molar-refractivity contribution in [3.63, 3.8) is 0 Å². The molecule has 0 radical (unpaired) electrons. The van der Waals surface area contributed by atoms with E-state index in [2.05, 4.69) is 33.9 Å². The summed E-state index contributed by atoms with van der Waals surface area (Å²) in [7, 11) is -1.65. The molecule has 0 saturated carbocycles. The van der Waals surface area contributed by atoms with Gasteiger partial charge in [0.1, 0.15) is 0 Å². The summed E-state index contributed by atoms with van der Waals surface area (Å²) in [5, 5.41) is 10.2. The Balaban J connectivity index is 2.28. The van der Waals surface area contributed by atoms with Crippen LogP contribution in [0.4, 0.5) is 0 Å². The van der Waals surface area contributed by atoms with Gasteiger partial charge in [-0.15, -0.1) is 0 Å². The average molecular weight is 307 g/mol. The van der Waals surface area contributed by atoms with Gasteiger partial charge >= 0.3 is 0 Å². The van der Waals surface area contributed by atoms with E-state index in [1.54, 1.807) is 0 Å². The summed E-state index contributed by atoms with van der Waals surface area (Å²) in [6.07, 6.45) is 5.08. The second-order valence-corrected chi connectivity index (χ2v) is 11.9. The number of aliphatic hydroxyl groups is 1. The Morgan fingerprint density at radius 3 is 2.38 bits per heavy atom. The smallest absolute Gasteiger partial charge is 0.191 e. The van der Waals surface area contributed by atoms with E-state index < -0.39 is 14.4 Å². The summed E-state index contributed by atoms with van der Waals surface area (Å²) in [5.74, 6) is 0. The number of hydrogen-bond acceptors (Lipinski definition) is 2. The zero-order valence-electron chi connectivity index (χ0n) is 14.1. The van der Waals surface area contributed by atoms with E-state index in [9.17, 15) is 5.11 Å². The molecule has 1 atom stereocenters. The summed E-state index contributed by atoms with van der Waals surface area (Å²) >= 11 is 0. The van der Waals surface area contributed by atoms with Crippen LogP contribution in [-0.4, -0.2) is 26.1 Å². The molecule has 0 aromatic heterocycles. The van der Waals surface area contributed by atoms with Crippen LogP contribution in [0.5, 0.6) is 0 Å². The Kier molecular flexibility index (Phi) is 6.85. The number of benzene rings is 1. The lowest BCUT2D eigenvalue weighted by atomic mass is 10.1. The molecule has 0 unspecified atom stereocenters. The molecule has 1 rings (SSSR count). The van der Waals surface area contributed by atoms with Crippen molar-refractivity contribution >= 4 is 14.4 Å². The van der Waals surface area contributed by atoms with Crippen LogP contribution >= 0.6 is 0 Å². The number of rotatable bonds is 7. The maximum absolute atomic E-state index is 9.97. The minimum atomic E-state index is -1.65. The van der Waals surface area contributed by atoms with Crippen molar-refractivity contribution in [3.8, 4) is 0 Å². The first-order chi connectivity index (χ1) is 9.72. The Morgan fingerprint density at radius 2 is 1.81 bits per heavy atom. The monoisotopic (exact) mass is 306 g/mol. The van der Waals surface area contributed by atoms with E-state index >= 15 is 0 Å². The standard InChI is InChI=1S/C18H30O2Si/c1-18(2,3)21(4,5)20-15-9-12-17(19)14-13-16-10-7-6-8-11-16/h6-8,10-11,13-14,17,19H,9,12,15H2,1-5H3/b14-13+/t17-/m1/s1. The lowest BCUT2D eigenvalue weighted by Crippen LogP contribution is -2.41. The first kappa shape index (κ1) is 18.1. The number of aliphatic hydroxyl groups excluding tert-OH is 1. The molecule has 1 aromatic rings. The Bertz CT molecular complexity index is 432. The highest BCUT2D eigenvalue weighted by molar-refractivity contribution is 6.74. The molecule has 0 saturated heterocycles. The summed E-state index contributed by atoms with van der Waals surface area (Å²) in [5.41, 5.74) is 1.12. The quantitative estimate of drug-likeness (QED) is 0.575. The SMILES string of the molecule is CC(C)(C)[Si](C)(C)OCCC[C@@H](O)/C=C/c1ccccc1. The second-order valence-electron chi connectivity index (χ2n) is 7.09. The van der Waals surface area contributed by atoms with Crippen molar-refractivity contribution in [1.29, 1.82) is 0 Å². The zero-order valence-corrected chi connectivity index (χ0v) is 15.1. The third-order valence-corrected chi connectivity index (χ3v) is 8.76. The first-order valence-electron chi connectivity index (χ1n) is 7.78. The van der Waals surface area contributed by atoms with Gasteiger partial charge in [-0.25, -0.2) is 0 Å². The lowest BCUT2D eigenvalue weighted by molar-refractivity contribution is 0.192. The van der Waals surface area contributed by atoms with Crippen molar-refractivity contribution in [2.45, 2.75) is 57.8 Å². The molecule has 0 amide bonds. The van der Waals surface area contributed by atoms with Crippen LogP contribution < -0.4 is 0 Å². The molecule has 0 heterocycles. The number of hydrogen-bond donors (Lipinski definition) is 1. The van der Waals surface area contributed by atoms with Gasteiger partial charge in [-0.05, 0) is 36.5 Å². The average Bonchev–Trinajstić information content (AvgIpc) is 2.41. The summed E-state index contributed by atoms with van der Waals surface area (Å²) < 4.78 is 6.11. The fourth-order valence-corrected chi connectivity index (χ4v) is 2.81. The molecule has 118 valence electrons. The molecule has 0 aliphatic rings. The molecule has 21 heavy (non-hydrogen) atoms. The van der Waals surface area contributed by atoms with Crippen molar-refractivity contribution in [3.05, 3.63) is 42.0 Å². The summed E-state index contributed by atoms with van der Waals surface area (Å²) in [6.45, 7) is 12.0. The van der Waals surface area contributed by atoms with Crippen LogP contribution in [0.3, 0.4) is 0 Å². The van der Waals surface area contributed by atoms with Crippen molar-refractivity contribution in [1.82, 2.24) is 0 Å². The molecule has 1 N–H and O–H groups in total. The van der Waals surface area contributed by atoms with E-state index in [1.165, 1.54) is 0 Å². The van der Waals surface area contributed by atoms with Gasteiger partial charge in [0.15, 0.2) is 8.32 Å². The van der Waals surface area contributed by atoms with Gasteiger partial charge in [0.25, 0.3) is 0 Å². The maximum Gasteiger partial charge on any atom is 0.191 e. The largest absolute Gasteiger partial charge is 0.417 e. The molecule has 3 heteroatoms. The molecule has 0 aliphatic heterocycles. The predicted octanol–water partition coefficient (Wildman–Crippen LogP) is 4.86. The third-order valence-electron chi connectivity index (χ3n) is 4.22. The molecule has 0 spiro atoms. The summed E-state index contributed by atoms with van der Waals surface area (Å²) in [6, 6.07) is 10.1. The van der Waals surface area contributed by atoms with Crippen LogP contribution in [-0.2, 0) is 4.43 Å². The minimum absolute atomic E-state index is 0.249. The van der Waals surface area contributed by atoms with Crippen LogP contribution in [0.2, 0.25) is 18.1 Å². The Labute approximate surface area is 131 Å². The molecule has 2 nitrogen and oxygen atoms in total. The maximum atomic E-state index is 9.97. The van der Waals surface area contributed by atoms with E-state index in [0.29, 0.717) is 0 Å². The van der Waals surface area contributed by atoms with Crippen molar-refractivity contribution < 1.29 is 9.53 Å². The highest BCUT2D eigenvalue weighted by Gasteiger charge is 2.36. The zero-order chi connectivity index (χ0) is 15.9. The molecular weight excluding hydrogens is 276 g/mol. The van der Waals surface area contributed by atoms with Crippen LogP contribution in [0.15, 0.2) is 36.4 Å². The first-order valence-corrected chi connectivity index (χ1v) is 10.7. The van der Waals surface area contributed by atoms with Gasteiger partial charge in [-0.1, -0.05) is 63.3 Å². The van der Waals surface area contributed by atoms with Gasteiger partial charge in [0.2, 0.25) is 0 Å². The molecule has 0 bridgehead atoms. The fourth-order valence-electron chi connectivity index (χ4n) is 1.72. The van der Waals surface area contributed by atoms with Crippen LogP contribution in [0.25, 0.3) is 6.08 Å². The van der Waals surface area contributed by atoms with Gasteiger partial charge < -0.3 is 9.53 Å². The highest BCUT2D eigenvalue weighted by Crippen LogP contribution is 2.36. The molecule has 0 fully saturated rings. The Morgan fingerprint density at radius 1 is 1.19 bits per heavy atom. The van der Waals surface area contributed by atoms with Gasteiger partial charge in [-0.3, -0.25) is 0 Å². The van der Waals surface area contributed by atoms with Crippen LogP contribution in [0.1, 0.15) is 39.2 Å². The molecule has 0 aliphatic carbocycles. The predicted molar refractivity (Wildman–Crippen MR) is 93.9 cm³/mol. The lowest BCUT2D eigenvalue weighted by Gasteiger charge is -2.36. The van der Waals surface area contributed by atoms with Gasteiger partial charge in [0.05, 0.1) is 6.10 Å². The van der Waals surface area contributed by atoms with Crippen molar-refractivity contribution in [2.75, 3.05) is 6.61 Å². The van der Waals surface area contributed by atoms with Gasteiger partial charge in [0, 0.05) is 6.61 Å². The fraction of sp³-hybridized carbons (Fsp3) is 0.556. The van der Waals surface area contributed by atoms with E-state index in [4.69, 9.17) is 4.43 Å². The second kappa shape index (κ2) is 7.92. The molecular formula is C18H30O2Si. The minimum Gasteiger partial charge on any atom is -0.417 e. The van der Waals surface area contributed by atoms with Crippen LogP contribution in [0, 0.1) is 0 Å². The topological polar surface area (TPSA) is 29.5 Å². The van der Waals surface area contributed by atoms with Gasteiger partial charge in [-0.2, -0.15) is 0 Å². The third kappa shape index (κ3) is 6.59. The molecule has 1 aromatic carbocycles.